The molecule has 0 unspecified atom stereocenters. The highest BCUT2D eigenvalue weighted by Gasteiger charge is 1.94. The van der Waals surface area contributed by atoms with Gasteiger partial charge >= 0.3 is 0 Å². The second-order valence-electron chi connectivity index (χ2n) is 8.66. The molecule has 0 N–H and O–H groups in total. The van der Waals surface area contributed by atoms with Crippen molar-refractivity contribution in [3.05, 3.63) is 58.2 Å². The van der Waals surface area contributed by atoms with E-state index in [0.29, 0.717) is 0 Å². The molecule has 0 aromatic heterocycles. The van der Waals surface area contributed by atoms with Gasteiger partial charge in [-0.15, -0.1) is 0 Å². The fourth-order valence-electron chi connectivity index (χ4n) is 3.17. The molecule has 1 nitrogen and oxygen atoms in total. The Bertz CT molecular complexity index is 604. The summed E-state index contributed by atoms with van der Waals surface area (Å²) in [6.45, 7) is 13.4. The van der Waals surface area contributed by atoms with Crippen molar-refractivity contribution in [2.24, 2.45) is 4.99 Å². The smallest absolute Gasteiger partial charge is 0.0273 e. The second kappa shape index (κ2) is 18.4. The summed E-state index contributed by atoms with van der Waals surface area (Å²) in [6, 6.07) is 0. The van der Waals surface area contributed by atoms with Crippen LogP contribution >= 0.6 is 0 Å². The average molecular weight is 398 g/mol. The van der Waals surface area contributed by atoms with Gasteiger partial charge in [0.1, 0.15) is 0 Å². The Balaban J connectivity index is 4.02. The highest BCUT2D eigenvalue weighted by molar-refractivity contribution is 5.57. The molecule has 0 atom stereocenters. The van der Waals surface area contributed by atoms with Crippen molar-refractivity contribution in [1.29, 1.82) is 0 Å². The third-order valence-corrected chi connectivity index (χ3v) is 5.16. The first-order valence-corrected chi connectivity index (χ1v) is 11.5. The fourth-order valence-corrected chi connectivity index (χ4v) is 3.17. The number of nitrogens with zero attached hydrogens (tertiary/aromatic N) is 1. The van der Waals surface area contributed by atoms with Crippen LogP contribution in [0.5, 0.6) is 0 Å². The van der Waals surface area contributed by atoms with Crippen LogP contribution in [0.4, 0.5) is 0 Å². The molecule has 0 spiro atoms. The molecule has 0 aliphatic heterocycles. The van der Waals surface area contributed by atoms with Crippen LogP contribution in [0, 0.1) is 0 Å². The van der Waals surface area contributed by atoms with E-state index in [1.54, 1.807) is 0 Å². The van der Waals surface area contributed by atoms with Crippen LogP contribution in [0.25, 0.3) is 0 Å². The van der Waals surface area contributed by atoms with Crippen molar-refractivity contribution in [3.8, 4) is 0 Å². The standard InChI is InChI=1S/C28H47N/c1-24(2)14-10-17-27(5)20-11-18-25(3)15-8-9-16-26(4)19-12-21-28(6)22-13-23-29-7/h14-16,20-21,23H,8-13,17-19,22H2,1-7H3/b25-15+,26-16+,27-20+,28-21+,29-23?. The number of hydrogen-bond donors (Lipinski definition) is 0. The van der Waals surface area contributed by atoms with E-state index in [9.17, 15) is 0 Å². The number of aliphatic imine (C=N–C) groups is 1. The Morgan fingerprint density at radius 3 is 1.21 bits per heavy atom. The lowest BCUT2D eigenvalue weighted by molar-refractivity contribution is 0.899. The van der Waals surface area contributed by atoms with Gasteiger partial charge in [-0.3, -0.25) is 0 Å². The minimum Gasteiger partial charge on any atom is -0.301 e. The lowest BCUT2D eigenvalue weighted by Crippen LogP contribution is -1.83. The molecule has 0 saturated heterocycles. The summed E-state index contributed by atoms with van der Waals surface area (Å²) in [5, 5.41) is 0. The summed E-state index contributed by atoms with van der Waals surface area (Å²) in [7, 11) is 1.84. The van der Waals surface area contributed by atoms with E-state index in [4.69, 9.17) is 0 Å². The van der Waals surface area contributed by atoms with Crippen LogP contribution < -0.4 is 0 Å². The summed E-state index contributed by atoms with van der Waals surface area (Å²) >= 11 is 0. The molecular formula is C28H47N. The van der Waals surface area contributed by atoms with Crippen LogP contribution in [0.15, 0.2) is 63.2 Å². The summed E-state index contributed by atoms with van der Waals surface area (Å²) < 4.78 is 0. The maximum absolute atomic E-state index is 4.04. The van der Waals surface area contributed by atoms with E-state index >= 15 is 0 Å². The molecule has 0 rings (SSSR count). The Kier molecular flexibility index (Phi) is 17.4. The van der Waals surface area contributed by atoms with Gasteiger partial charge in [0, 0.05) is 7.05 Å². The molecule has 0 bridgehead atoms. The van der Waals surface area contributed by atoms with Crippen LogP contribution in [0.3, 0.4) is 0 Å². The third-order valence-electron chi connectivity index (χ3n) is 5.16. The van der Waals surface area contributed by atoms with Gasteiger partial charge in [0.05, 0.1) is 0 Å². The zero-order chi connectivity index (χ0) is 21.9. The zero-order valence-corrected chi connectivity index (χ0v) is 20.5. The quantitative estimate of drug-likeness (QED) is 0.148. The first kappa shape index (κ1) is 27.4. The molecule has 1 heteroatoms. The van der Waals surface area contributed by atoms with Crippen molar-refractivity contribution in [3.63, 3.8) is 0 Å². The maximum Gasteiger partial charge on any atom is 0.0273 e. The van der Waals surface area contributed by atoms with Crippen LogP contribution in [-0.4, -0.2) is 13.3 Å². The highest BCUT2D eigenvalue weighted by Crippen LogP contribution is 2.14. The zero-order valence-electron chi connectivity index (χ0n) is 20.5. The molecule has 0 amide bonds. The van der Waals surface area contributed by atoms with E-state index in [0.717, 1.165) is 32.1 Å². The van der Waals surface area contributed by atoms with Crippen molar-refractivity contribution < 1.29 is 0 Å². The van der Waals surface area contributed by atoms with Crippen molar-refractivity contribution in [2.45, 2.75) is 106 Å². The van der Waals surface area contributed by atoms with Crippen molar-refractivity contribution in [2.75, 3.05) is 7.05 Å². The van der Waals surface area contributed by atoms with E-state index in [1.807, 2.05) is 13.3 Å². The van der Waals surface area contributed by atoms with Gasteiger partial charge in [0.2, 0.25) is 0 Å². The molecule has 0 aliphatic rings. The van der Waals surface area contributed by atoms with E-state index < -0.39 is 0 Å². The molecule has 0 saturated carbocycles. The summed E-state index contributed by atoms with van der Waals surface area (Å²) in [5.41, 5.74) is 7.48. The van der Waals surface area contributed by atoms with E-state index in [1.165, 1.54) is 60.0 Å². The number of hydrogen-bond acceptors (Lipinski definition) is 1. The molecule has 0 aliphatic carbocycles. The monoisotopic (exact) mass is 397 g/mol. The number of rotatable bonds is 15. The average Bonchev–Trinajstić information content (AvgIpc) is 2.65. The lowest BCUT2D eigenvalue weighted by atomic mass is 10.0. The second-order valence-corrected chi connectivity index (χ2v) is 8.66. The maximum atomic E-state index is 4.04. The Morgan fingerprint density at radius 1 is 0.483 bits per heavy atom. The molecule has 29 heavy (non-hydrogen) atoms. The minimum absolute atomic E-state index is 1.06. The van der Waals surface area contributed by atoms with Gasteiger partial charge < -0.3 is 4.99 Å². The van der Waals surface area contributed by atoms with Gasteiger partial charge in [0.15, 0.2) is 0 Å². The molecule has 0 aromatic rings. The summed E-state index contributed by atoms with van der Waals surface area (Å²) in [6.07, 6.45) is 25.6. The van der Waals surface area contributed by atoms with E-state index in [2.05, 4.69) is 76.9 Å². The topological polar surface area (TPSA) is 12.4 Å². The molecule has 0 fully saturated rings. The SMILES string of the molecule is CN=CCC/C(C)=C/CC/C(C)=C/CC/C=C(\C)CC/C=C(\C)CCC=C(C)C. The summed E-state index contributed by atoms with van der Waals surface area (Å²) in [5.74, 6) is 0. The van der Waals surface area contributed by atoms with E-state index in [-0.39, 0.29) is 0 Å². The Hall–Kier alpha value is -1.63. The summed E-state index contributed by atoms with van der Waals surface area (Å²) in [4.78, 5) is 4.04. The largest absolute Gasteiger partial charge is 0.301 e. The molecule has 0 aromatic carbocycles. The van der Waals surface area contributed by atoms with Gasteiger partial charge in [-0.25, -0.2) is 0 Å². The van der Waals surface area contributed by atoms with Crippen LogP contribution in [0.2, 0.25) is 0 Å². The fraction of sp³-hybridized carbons (Fsp3) is 0.607. The van der Waals surface area contributed by atoms with Crippen LogP contribution in [-0.2, 0) is 0 Å². The predicted molar refractivity (Wildman–Crippen MR) is 135 cm³/mol. The third kappa shape index (κ3) is 19.5. The first-order valence-electron chi connectivity index (χ1n) is 11.5. The van der Waals surface area contributed by atoms with Gasteiger partial charge in [-0.2, -0.15) is 0 Å². The van der Waals surface area contributed by atoms with Crippen molar-refractivity contribution >= 4 is 6.21 Å². The van der Waals surface area contributed by atoms with Gasteiger partial charge in [-0.05, 0) is 112 Å². The molecular weight excluding hydrogens is 350 g/mol. The van der Waals surface area contributed by atoms with Crippen LogP contribution in [0.1, 0.15) is 106 Å². The first-order chi connectivity index (χ1) is 13.8. The normalized spacial score (nSPS) is 14.0. The van der Waals surface area contributed by atoms with Gasteiger partial charge in [0.25, 0.3) is 0 Å². The Labute approximate surface area is 182 Å². The van der Waals surface area contributed by atoms with Gasteiger partial charge in [-0.1, -0.05) is 58.2 Å². The number of unbranched alkanes of at least 4 members (excludes halogenated alkanes) is 1. The molecule has 164 valence electrons. The molecule has 0 heterocycles. The lowest BCUT2D eigenvalue weighted by Gasteiger charge is -2.02. The number of allylic oxidation sites excluding steroid dienone is 10. The highest BCUT2D eigenvalue weighted by atomic mass is 14.6. The minimum atomic E-state index is 1.06. The Morgan fingerprint density at radius 2 is 0.828 bits per heavy atom. The predicted octanol–water partition coefficient (Wildman–Crippen LogP) is 9.34. The van der Waals surface area contributed by atoms with Crippen molar-refractivity contribution in [1.82, 2.24) is 0 Å². The molecule has 0 radical (unpaired) electrons.